The summed E-state index contributed by atoms with van der Waals surface area (Å²) in [4.78, 5) is 4.11. The van der Waals surface area contributed by atoms with Crippen LogP contribution in [0, 0.1) is 5.92 Å². The van der Waals surface area contributed by atoms with Crippen LogP contribution in [0.5, 0.6) is 0 Å². The third-order valence-electron chi connectivity index (χ3n) is 2.13. The van der Waals surface area contributed by atoms with Gasteiger partial charge in [-0.3, -0.25) is 0 Å². The Bertz CT molecular complexity index is 271. The first-order valence-corrected chi connectivity index (χ1v) is 5.51. The minimum absolute atomic E-state index is 0.594. The Morgan fingerprint density at radius 3 is 3.00 bits per heavy atom. The Morgan fingerprint density at radius 2 is 2.33 bits per heavy atom. The highest BCUT2D eigenvalue weighted by atomic mass is 16.5. The zero-order valence-corrected chi connectivity index (χ0v) is 9.65. The molecule has 0 spiro atoms. The van der Waals surface area contributed by atoms with Gasteiger partial charge >= 0.3 is 0 Å². The Balaban J connectivity index is 2.27. The van der Waals surface area contributed by atoms with Gasteiger partial charge in [-0.15, -0.1) is 0 Å². The molecule has 4 nitrogen and oxygen atoms in total. The molecule has 15 heavy (non-hydrogen) atoms. The van der Waals surface area contributed by atoms with Gasteiger partial charge in [-0.05, 0) is 12.5 Å². The van der Waals surface area contributed by atoms with Gasteiger partial charge in [-0.1, -0.05) is 13.8 Å². The SMILES string of the molecule is CC(C)COCCn1cncc1CCN. The zero-order valence-electron chi connectivity index (χ0n) is 9.65. The van der Waals surface area contributed by atoms with Crippen LogP contribution >= 0.6 is 0 Å². The first kappa shape index (κ1) is 12.2. The van der Waals surface area contributed by atoms with Gasteiger partial charge in [0.25, 0.3) is 0 Å². The van der Waals surface area contributed by atoms with E-state index < -0.39 is 0 Å². The van der Waals surface area contributed by atoms with Crippen molar-refractivity contribution in [2.75, 3.05) is 19.8 Å². The standard InChI is InChI=1S/C11H21N3O/c1-10(2)8-15-6-5-14-9-13-7-11(14)3-4-12/h7,9-10H,3-6,8,12H2,1-2H3. The Kier molecular flexibility index (Phi) is 5.36. The summed E-state index contributed by atoms with van der Waals surface area (Å²) in [5, 5.41) is 0. The second-order valence-electron chi connectivity index (χ2n) is 4.09. The molecule has 2 N–H and O–H groups in total. The van der Waals surface area contributed by atoms with Crippen LogP contribution in [-0.4, -0.2) is 29.3 Å². The Hall–Kier alpha value is -0.870. The van der Waals surface area contributed by atoms with Crippen molar-refractivity contribution in [3.05, 3.63) is 18.2 Å². The minimum Gasteiger partial charge on any atom is -0.379 e. The smallest absolute Gasteiger partial charge is 0.0948 e. The van der Waals surface area contributed by atoms with Crippen molar-refractivity contribution in [1.29, 1.82) is 0 Å². The second-order valence-corrected chi connectivity index (χ2v) is 4.09. The van der Waals surface area contributed by atoms with Gasteiger partial charge in [0.1, 0.15) is 0 Å². The average molecular weight is 211 g/mol. The normalized spacial score (nSPS) is 11.2. The molecule has 0 atom stereocenters. The highest BCUT2D eigenvalue weighted by Gasteiger charge is 2.00. The van der Waals surface area contributed by atoms with Crippen molar-refractivity contribution in [3.8, 4) is 0 Å². The number of hydrogen-bond donors (Lipinski definition) is 1. The molecule has 0 radical (unpaired) electrons. The van der Waals surface area contributed by atoms with Gasteiger partial charge in [-0.25, -0.2) is 4.98 Å². The van der Waals surface area contributed by atoms with Crippen molar-refractivity contribution in [1.82, 2.24) is 9.55 Å². The summed E-state index contributed by atoms with van der Waals surface area (Å²) in [7, 11) is 0. The van der Waals surface area contributed by atoms with Crippen LogP contribution in [0.1, 0.15) is 19.5 Å². The van der Waals surface area contributed by atoms with Crippen molar-refractivity contribution >= 4 is 0 Å². The van der Waals surface area contributed by atoms with Gasteiger partial charge in [-0.2, -0.15) is 0 Å². The molecule has 1 aromatic heterocycles. The summed E-state index contributed by atoms with van der Waals surface area (Å²) in [6.45, 7) is 7.39. The lowest BCUT2D eigenvalue weighted by Gasteiger charge is -2.09. The topological polar surface area (TPSA) is 53.1 Å². The summed E-state index contributed by atoms with van der Waals surface area (Å²) >= 11 is 0. The van der Waals surface area contributed by atoms with E-state index >= 15 is 0 Å². The monoisotopic (exact) mass is 211 g/mol. The maximum Gasteiger partial charge on any atom is 0.0948 e. The maximum absolute atomic E-state index is 5.52. The lowest BCUT2D eigenvalue weighted by molar-refractivity contribution is 0.103. The van der Waals surface area contributed by atoms with E-state index in [-0.39, 0.29) is 0 Å². The Labute approximate surface area is 91.4 Å². The third kappa shape index (κ3) is 4.44. The number of ether oxygens (including phenoxy) is 1. The van der Waals surface area contributed by atoms with Gasteiger partial charge < -0.3 is 15.0 Å². The summed E-state index contributed by atoms with van der Waals surface area (Å²) in [5.41, 5.74) is 6.70. The van der Waals surface area contributed by atoms with E-state index in [9.17, 15) is 0 Å². The van der Waals surface area contributed by atoms with Gasteiger partial charge in [0.2, 0.25) is 0 Å². The van der Waals surface area contributed by atoms with Crippen LogP contribution < -0.4 is 5.73 Å². The highest BCUT2D eigenvalue weighted by molar-refractivity contribution is 4.98. The van der Waals surface area contributed by atoms with E-state index in [2.05, 4.69) is 23.4 Å². The third-order valence-corrected chi connectivity index (χ3v) is 2.13. The molecule has 0 saturated carbocycles. The Morgan fingerprint density at radius 1 is 1.53 bits per heavy atom. The van der Waals surface area contributed by atoms with Crippen LogP contribution in [-0.2, 0) is 17.7 Å². The molecule has 0 bridgehead atoms. The molecule has 1 rings (SSSR count). The van der Waals surface area contributed by atoms with Crippen molar-refractivity contribution in [2.24, 2.45) is 11.7 Å². The predicted molar refractivity (Wildman–Crippen MR) is 60.6 cm³/mol. The fourth-order valence-corrected chi connectivity index (χ4v) is 1.39. The van der Waals surface area contributed by atoms with Crippen molar-refractivity contribution in [2.45, 2.75) is 26.8 Å². The molecule has 0 amide bonds. The van der Waals surface area contributed by atoms with Crippen LogP contribution in [0.15, 0.2) is 12.5 Å². The van der Waals surface area contributed by atoms with E-state index in [1.54, 1.807) is 0 Å². The minimum atomic E-state index is 0.594. The summed E-state index contributed by atoms with van der Waals surface area (Å²) < 4.78 is 7.63. The van der Waals surface area contributed by atoms with E-state index in [0.717, 1.165) is 26.2 Å². The fraction of sp³-hybridized carbons (Fsp3) is 0.727. The molecule has 0 aliphatic rings. The van der Waals surface area contributed by atoms with Gasteiger partial charge in [0, 0.05) is 31.5 Å². The summed E-state index contributed by atoms with van der Waals surface area (Å²) in [5.74, 6) is 0.594. The van der Waals surface area contributed by atoms with Crippen LogP contribution in [0.2, 0.25) is 0 Å². The molecule has 1 aromatic rings. The number of imidazole rings is 1. The van der Waals surface area contributed by atoms with Crippen molar-refractivity contribution < 1.29 is 4.74 Å². The van der Waals surface area contributed by atoms with E-state index in [0.29, 0.717) is 12.5 Å². The number of rotatable bonds is 7. The molecule has 0 aliphatic heterocycles. The molecular formula is C11H21N3O. The number of hydrogen-bond acceptors (Lipinski definition) is 3. The average Bonchev–Trinajstić information content (AvgIpc) is 2.61. The molecule has 86 valence electrons. The summed E-state index contributed by atoms with van der Waals surface area (Å²) in [6.07, 6.45) is 4.59. The van der Waals surface area contributed by atoms with Gasteiger partial charge in [0.15, 0.2) is 0 Å². The highest BCUT2D eigenvalue weighted by Crippen LogP contribution is 2.00. The quantitative estimate of drug-likeness (QED) is 0.686. The summed E-state index contributed by atoms with van der Waals surface area (Å²) in [6, 6.07) is 0. The maximum atomic E-state index is 5.52. The zero-order chi connectivity index (χ0) is 11.1. The number of nitrogens with zero attached hydrogens (tertiary/aromatic N) is 2. The lowest BCUT2D eigenvalue weighted by atomic mass is 10.2. The second kappa shape index (κ2) is 6.58. The molecule has 0 aromatic carbocycles. The molecule has 4 heteroatoms. The fourth-order valence-electron chi connectivity index (χ4n) is 1.39. The van der Waals surface area contributed by atoms with E-state index in [1.807, 2.05) is 12.5 Å². The largest absolute Gasteiger partial charge is 0.379 e. The molecule has 0 aliphatic carbocycles. The van der Waals surface area contributed by atoms with Gasteiger partial charge in [0.05, 0.1) is 12.9 Å². The van der Waals surface area contributed by atoms with Crippen LogP contribution in [0.4, 0.5) is 0 Å². The van der Waals surface area contributed by atoms with Crippen LogP contribution in [0.3, 0.4) is 0 Å². The molecular weight excluding hydrogens is 190 g/mol. The lowest BCUT2D eigenvalue weighted by Crippen LogP contribution is -2.13. The van der Waals surface area contributed by atoms with E-state index in [4.69, 9.17) is 10.5 Å². The molecule has 1 heterocycles. The van der Waals surface area contributed by atoms with Crippen LogP contribution in [0.25, 0.3) is 0 Å². The molecule has 0 fully saturated rings. The number of aromatic nitrogens is 2. The first-order valence-electron chi connectivity index (χ1n) is 5.51. The first-order chi connectivity index (χ1) is 7.24. The molecule has 0 unspecified atom stereocenters. The van der Waals surface area contributed by atoms with Crippen molar-refractivity contribution in [3.63, 3.8) is 0 Å². The number of nitrogens with two attached hydrogens (primary N) is 1. The van der Waals surface area contributed by atoms with E-state index in [1.165, 1.54) is 5.69 Å². The predicted octanol–water partition coefficient (Wildman–Crippen LogP) is 1.06. The molecule has 0 saturated heterocycles.